The lowest BCUT2D eigenvalue weighted by molar-refractivity contribution is -0.117. The summed E-state index contributed by atoms with van der Waals surface area (Å²) in [5.74, 6) is 0.203. The molecule has 0 saturated heterocycles. The molecule has 3 heteroatoms. The first-order valence-corrected chi connectivity index (χ1v) is 7.64. The van der Waals surface area contributed by atoms with Gasteiger partial charge in [0.1, 0.15) is 0 Å². The normalized spacial score (nSPS) is 29.9. The molecule has 1 fully saturated rings. The molecule has 1 saturated carbocycles. The number of rotatable bonds is 2. The highest BCUT2D eigenvalue weighted by atomic mass is 16.3. The predicted octanol–water partition coefficient (Wildman–Crippen LogP) is 3.18. The van der Waals surface area contributed by atoms with Gasteiger partial charge in [-0.25, -0.2) is 0 Å². The lowest BCUT2D eigenvalue weighted by Gasteiger charge is -2.34. The van der Waals surface area contributed by atoms with E-state index in [0.717, 1.165) is 31.4 Å². The molecular weight excluding hydrogens is 238 g/mol. The number of carbonyl (C=O) groups excluding carboxylic acids is 1. The monoisotopic (exact) mass is 267 g/mol. The minimum Gasteiger partial charge on any atom is -0.391 e. The van der Waals surface area contributed by atoms with E-state index < -0.39 is 0 Å². The third-order valence-corrected chi connectivity index (χ3v) is 3.76. The first-order valence-electron chi connectivity index (χ1n) is 7.64. The Morgan fingerprint density at radius 3 is 2.42 bits per heavy atom. The molecule has 2 aliphatic rings. The van der Waals surface area contributed by atoms with Crippen LogP contribution in [0.25, 0.3) is 0 Å². The lowest BCUT2D eigenvalue weighted by Crippen LogP contribution is -2.43. The van der Waals surface area contributed by atoms with E-state index in [9.17, 15) is 9.90 Å². The Kier molecular flexibility index (Phi) is 6.05. The Morgan fingerprint density at radius 1 is 1.21 bits per heavy atom. The number of hydrogen-bond acceptors (Lipinski definition) is 3. The van der Waals surface area contributed by atoms with Crippen molar-refractivity contribution in [2.24, 2.45) is 5.41 Å². The van der Waals surface area contributed by atoms with Crippen LogP contribution in [-0.2, 0) is 4.79 Å². The van der Waals surface area contributed by atoms with Crippen molar-refractivity contribution in [3.05, 3.63) is 11.8 Å². The van der Waals surface area contributed by atoms with Gasteiger partial charge in [0.25, 0.3) is 0 Å². The Labute approximate surface area is 117 Å². The number of allylic oxidation sites excluding steroid dienone is 2. The number of hydrogen-bond donors (Lipinski definition) is 2. The molecule has 0 aliphatic heterocycles. The Bertz CT molecular complexity index is 334. The SMILES string of the molecule is CC.CC1(C)CC(=O)C=C(NC2CCCCC2O)C1. The molecule has 0 radical (unpaired) electrons. The van der Waals surface area contributed by atoms with Gasteiger partial charge in [-0.05, 0) is 24.7 Å². The third kappa shape index (κ3) is 4.98. The van der Waals surface area contributed by atoms with Crippen LogP contribution in [0.2, 0.25) is 0 Å². The second kappa shape index (κ2) is 7.09. The fourth-order valence-electron chi connectivity index (χ4n) is 2.96. The first kappa shape index (κ1) is 16.2. The maximum Gasteiger partial charge on any atom is 0.157 e. The van der Waals surface area contributed by atoms with Crippen molar-refractivity contribution in [1.82, 2.24) is 5.32 Å². The molecule has 0 aromatic heterocycles. The Balaban J connectivity index is 0.000000861. The van der Waals surface area contributed by atoms with Crippen LogP contribution in [0.1, 0.15) is 66.2 Å². The number of ketones is 1. The largest absolute Gasteiger partial charge is 0.391 e. The maximum atomic E-state index is 11.6. The van der Waals surface area contributed by atoms with E-state index in [1.54, 1.807) is 6.08 Å². The molecule has 0 amide bonds. The summed E-state index contributed by atoms with van der Waals surface area (Å²) in [5, 5.41) is 13.3. The summed E-state index contributed by atoms with van der Waals surface area (Å²) in [6.45, 7) is 8.24. The van der Waals surface area contributed by atoms with E-state index in [1.807, 2.05) is 13.8 Å². The molecule has 0 aromatic rings. The van der Waals surface area contributed by atoms with Gasteiger partial charge in [0.15, 0.2) is 5.78 Å². The van der Waals surface area contributed by atoms with Crippen molar-refractivity contribution in [2.45, 2.75) is 78.4 Å². The summed E-state index contributed by atoms with van der Waals surface area (Å²) in [6.07, 6.45) is 7.17. The summed E-state index contributed by atoms with van der Waals surface area (Å²) in [4.78, 5) is 11.6. The van der Waals surface area contributed by atoms with Gasteiger partial charge in [0, 0.05) is 18.2 Å². The number of aliphatic hydroxyl groups excluding tert-OH is 1. The van der Waals surface area contributed by atoms with Crippen LogP contribution in [0.4, 0.5) is 0 Å². The van der Waals surface area contributed by atoms with E-state index >= 15 is 0 Å². The van der Waals surface area contributed by atoms with Crippen LogP contribution < -0.4 is 5.32 Å². The topological polar surface area (TPSA) is 49.3 Å². The highest BCUT2D eigenvalue weighted by Crippen LogP contribution is 2.33. The van der Waals surface area contributed by atoms with Crippen LogP contribution in [-0.4, -0.2) is 23.0 Å². The smallest absolute Gasteiger partial charge is 0.157 e. The van der Waals surface area contributed by atoms with Crippen molar-refractivity contribution in [2.75, 3.05) is 0 Å². The predicted molar refractivity (Wildman–Crippen MR) is 78.9 cm³/mol. The molecule has 0 bridgehead atoms. The number of nitrogens with one attached hydrogen (secondary N) is 1. The zero-order valence-electron chi connectivity index (χ0n) is 12.8. The summed E-state index contributed by atoms with van der Waals surface area (Å²) < 4.78 is 0. The average molecular weight is 267 g/mol. The van der Waals surface area contributed by atoms with E-state index in [1.165, 1.54) is 6.42 Å². The average Bonchev–Trinajstić information content (AvgIpc) is 2.32. The van der Waals surface area contributed by atoms with Gasteiger partial charge in [0.05, 0.1) is 12.1 Å². The Morgan fingerprint density at radius 2 is 1.84 bits per heavy atom. The van der Waals surface area contributed by atoms with Crippen molar-refractivity contribution < 1.29 is 9.90 Å². The van der Waals surface area contributed by atoms with Crippen LogP contribution in [0.5, 0.6) is 0 Å². The van der Waals surface area contributed by atoms with E-state index in [-0.39, 0.29) is 23.3 Å². The molecule has 110 valence electrons. The molecule has 0 spiro atoms. The fraction of sp³-hybridized carbons (Fsp3) is 0.812. The summed E-state index contributed by atoms with van der Waals surface area (Å²) >= 11 is 0. The quantitative estimate of drug-likeness (QED) is 0.808. The lowest BCUT2D eigenvalue weighted by atomic mass is 9.78. The minimum absolute atomic E-state index is 0.0494. The van der Waals surface area contributed by atoms with Crippen molar-refractivity contribution >= 4 is 5.78 Å². The zero-order valence-corrected chi connectivity index (χ0v) is 12.8. The zero-order chi connectivity index (χ0) is 14.5. The highest BCUT2D eigenvalue weighted by Gasteiger charge is 2.30. The van der Waals surface area contributed by atoms with Crippen LogP contribution in [0, 0.1) is 5.41 Å². The number of carbonyl (C=O) groups is 1. The summed E-state index contributed by atoms with van der Waals surface area (Å²) in [6, 6.07) is 0.136. The second-order valence-corrected chi connectivity index (χ2v) is 6.26. The van der Waals surface area contributed by atoms with Crippen LogP contribution in [0.15, 0.2) is 11.8 Å². The molecule has 0 aromatic carbocycles. The van der Waals surface area contributed by atoms with Gasteiger partial charge in [-0.1, -0.05) is 40.5 Å². The Hall–Kier alpha value is -0.830. The molecule has 2 N–H and O–H groups in total. The fourth-order valence-corrected chi connectivity index (χ4v) is 2.96. The van der Waals surface area contributed by atoms with Crippen molar-refractivity contribution in [1.29, 1.82) is 0 Å². The summed E-state index contributed by atoms with van der Waals surface area (Å²) in [7, 11) is 0. The van der Waals surface area contributed by atoms with Crippen molar-refractivity contribution in [3.63, 3.8) is 0 Å². The molecule has 2 atom stereocenters. The van der Waals surface area contributed by atoms with Gasteiger partial charge in [-0.15, -0.1) is 0 Å². The van der Waals surface area contributed by atoms with E-state index in [4.69, 9.17) is 0 Å². The van der Waals surface area contributed by atoms with Gasteiger partial charge in [0.2, 0.25) is 0 Å². The van der Waals surface area contributed by atoms with E-state index in [2.05, 4.69) is 19.2 Å². The van der Waals surface area contributed by atoms with E-state index in [0.29, 0.717) is 6.42 Å². The highest BCUT2D eigenvalue weighted by molar-refractivity contribution is 5.91. The molecule has 3 nitrogen and oxygen atoms in total. The molecular formula is C16H29NO2. The second-order valence-electron chi connectivity index (χ2n) is 6.26. The van der Waals surface area contributed by atoms with Crippen LogP contribution in [0.3, 0.4) is 0 Å². The standard InChI is InChI=1S/C14H23NO2.C2H6/c1-14(2)8-10(7-11(16)9-14)15-12-5-3-4-6-13(12)17;1-2/h7,12-13,15,17H,3-6,8-9H2,1-2H3;1-2H3. The molecule has 19 heavy (non-hydrogen) atoms. The first-order chi connectivity index (χ1) is 8.96. The maximum absolute atomic E-state index is 11.6. The van der Waals surface area contributed by atoms with Gasteiger partial charge in [-0.3, -0.25) is 4.79 Å². The van der Waals surface area contributed by atoms with Crippen molar-refractivity contribution in [3.8, 4) is 0 Å². The molecule has 2 unspecified atom stereocenters. The van der Waals surface area contributed by atoms with Crippen LogP contribution >= 0.6 is 0 Å². The van der Waals surface area contributed by atoms with Gasteiger partial charge < -0.3 is 10.4 Å². The number of aliphatic hydroxyl groups is 1. The van der Waals surface area contributed by atoms with Gasteiger partial charge >= 0.3 is 0 Å². The third-order valence-electron chi connectivity index (χ3n) is 3.76. The minimum atomic E-state index is -0.259. The summed E-state index contributed by atoms with van der Waals surface area (Å²) in [5.41, 5.74) is 1.06. The molecule has 2 aliphatic carbocycles. The van der Waals surface area contributed by atoms with Gasteiger partial charge in [-0.2, -0.15) is 0 Å². The molecule has 2 rings (SSSR count). The molecule has 0 heterocycles.